The third-order valence-corrected chi connectivity index (χ3v) is 4.27. The van der Waals surface area contributed by atoms with Crippen LogP contribution in [0.25, 0.3) is 0 Å². The Balaban J connectivity index is 2.34. The number of hydrogen-bond acceptors (Lipinski definition) is 3. The van der Waals surface area contributed by atoms with Crippen LogP contribution in [-0.2, 0) is 16.2 Å². The van der Waals surface area contributed by atoms with Crippen LogP contribution in [-0.4, -0.2) is 14.1 Å². The molecular weight excluding hydrogens is 329 g/mol. The van der Waals surface area contributed by atoms with Crippen molar-refractivity contribution in [3.63, 3.8) is 0 Å². The molecule has 2 aromatic carbocycles. The summed E-state index contributed by atoms with van der Waals surface area (Å²) >= 11 is 0. The first kappa shape index (κ1) is 17.0. The van der Waals surface area contributed by atoms with Gasteiger partial charge in [0.2, 0.25) is 0 Å². The predicted molar refractivity (Wildman–Crippen MR) is 80.4 cm³/mol. The number of sulfonamides is 1. The number of halogens is 3. The van der Waals surface area contributed by atoms with E-state index in [1.54, 1.807) is 37.3 Å². The molecular formula is C15H13F3N2O2S. The molecule has 0 atom stereocenters. The van der Waals surface area contributed by atoms with E-state index in [-0.39, 0.29) is 0 Å². The highest BCUT2D eigenvalue weighted by Gasteiger charge is 2.36. The highest BCUT2D eigenvalue weighted by molar-refractivity contribution is 7.89. The second kappa shape index (κ2) is 6.41. The van der Waals surface area contributed by atoms with E-state index in [1.165, 1.54) is 6.07 Å². The third kappa shape index (κ3) is 4.10. The molecule has 23 heavy (non-hydrogen) atoms. The van der Waals surface area contributed by atoms with Gasteiger partial charge < -0.3 is 0 Å². The fourth-order valence-corrected chi connectivity index (χ4v) is 2.94. The maximum atomic E-state index is 12.9. The van der Waals surface area contributed by atoms with Crippen molar-refractivity contribution >= 4 is 15.7 Å². The molecule has 0 saturated heterocycles. The molecule has 0 aliphatic rings. The molecule has 8 heteroatoms. The van der Waals surface area contributed by atoms with Crippen molar-refractivity contribution in [2.24, 2.45) is 5.10 Å². The van der Waals surface area contributed by atoms with Crippen LogP contribution >= 0.6 is 0 Å². The monoisotopic (exact) mass is 342 g/mol. The molecule has 0 fully saturated rings. The van der Waals surface area contributed by atoms with Gasteiger partial charge in [0.1, 0.15) is 4.90 Å². The van der Waals surface area contributed by atoms with Crippen LogP contribution in [0.15, 0.2) is 64.6 Å². The summed E-state index contributed by atoms with van der Waals surface area (Å²) < 4.78 is 63.0. The van der Waals surface area contributed by atoms with Gasteiger partial charge in [-0.2, -0.15) is 31.5 Å². The van der Waals surface area contributed by atoms with Gasteiger partial charge in [-0.1, -0.05) is 42.5 Å². The van der Waals surface area contributed by atoms with Gasteiger partial charge >= 0.3 is 6.18 Å². The molecule has 2 rings (SSSR count). The van der Waals surface area contributed by atoms with E-state index in [4.69, 9.17) is 0 Å². The lowest BCUT2D eigenvalue weighted by molar-refractivity contribution is -0.139. The Morgan fingerprint density at radius 1 is 1.00 bits per heavy atom. The number of nitrogens with one attached hydrogen (secondary N) is 1. The SMILES string of the molecule is CC(=NNS(=O)(=O)c1ccccc1C(F)(F)F)c1ccccc1. The van der Waals surface area contributed by atoms with Crippen LogP contribution in [0.1, 0.15) is 18.1 Å². The van der Waals surface area contributed by atoms with Crippen LogP contribution in [0.5, 0.6) is 0 Å². The number of benzene rings is 2. The summed E-state index contributed by atoms with van der Waals surface area (Å²) in [5, 5.41) is 3.68. The predicted octanol–water partition coefficient (Wildman–Crippen LogP) is 3.41. The van der Waals surface area contributed by atoms with Gasteiger partial charge in [-0.05, 0) is 24.6 Å². The summed E-state index contributed by atoms with van der Waals surface area (Å²) in [5.41, 5.74) is -0.252. The zero-order chi connectivity index (χ0) is 17.1. The molecule has 0 unspecified atom stereocenters. The van der Waals surface area contributed by atoms with E-state index in [2.05, 4.69) is 5.10 Å². The van der Waals surface area contributed by atoms with E-state index in [0.29, 0.717) is 17.3 Å². The van der Waals surface area contributed by atoms with Crippen molar-refractivity contribution in [3.8, 4) is 0 Å². The summed E-state index contributed by atoms with van der Waals surface area (Å²) in [7, 11) is -4.43. The van der Waals surface area contributed by atoms with E-state index in [9.17, 15) is 21.6 Å². The molecule has 2 aromatic rings. The smallest absolute Gasteiger partial charge is 0.200 e. The molecule has 0 aliphatic heterocycles. The first-order chi connectivity index (χ1) is 10.7. The van der Waals surface area contributed by atoms with Gasteiger partial charge in [-0.15, -0.1) is 0 Å². The highest BCUT2D eigenvalue weighted by atomic mass is 32.2. The number of nitrogens with zero attached hydrogens (tertiary/aromatic N) is 1. The van der Waals surface area contributed by atoms with Crippen molar-refractivity contribution in [1.82, 2.24) is 4.83 Å². The van der Waals surface area contributed by atoms with Gasteiger partial charge in [0.05, 0.1) is 11.3 Å². The Morgan fingerprint density at radius 2 is 1.57 bits per heavy atom. The molecule has 0 aromatic heterocycles. The molecule has 0 bridgehead atoms. The summed E-state index contributed by atoms with van der Waals surface area (Å²) in [4.78, 5) is 0.982. The van der Waals surface area contributed by atoms with Crippen molar-refractivity contribution in [2.75, 3.05) is 0 Å². The standard InChI is InChI=1S/C15H13F3N2O2S/c1-11(12-7-3-2-4-8-12)19-20-23(21,22)14-10-6-5-9-13(14)15(16,17)18/h2-10,20H,1H3. The van der Waals surface area contributed by atoms with E-state index in [0.717, 1.165) is 12.1 Å². The normalized spacial score (nSPS) is 13.0. The molecule has 1 N–H and O–H groups in total. The number of rotatable bonds is 4. The van der Waals surface area contributed by atoms with Crippen molar-refractivity contribution in [1.29, 1.82) is 0 Å². The number of alkyl halides is 3. The van der Waals surface area contributed by atoms with E-state index >= 15 is 0 Å². The zero-order valence-electron chi connectivity index (χ0n) is 12.0. The highest BCUT2D eigenvalue weighted by Crippen LogP contribution is 2.33. The fraction of sp³-hybridized carbons (Fsp3) is 0.133. The van der Waals surface area contributed by atoms with Crippen molar-refractivity contribution < 1.29 is 21.6 Å². The number of hydrogen-bond donors (Lipinski definition) is 1. The van der Waals surface area contributed by atoms with Crippen LogP contribution in [0.3, 0.4) is 0 Å². The lowest BCUT2D eigenvalue weighted by atomic mass is 10.1. The Hall–Kier alpha value is -2.35. The molecule has 4 nitrogen and oxygen atoms in total. The largest absolute Gasteiger partial charge is 0.417 e. The molecule has 0 saturated carbocycles. The second-order valence-electron chi connectivity index (χ2n) is 4.65. The fourth-order valence-electron chi connectivity index (χ4n) is 1.86. The molecule has 122 valence electrons. The van der Waals surface area contributed by atoms with Gasteiger partial charge in [-0.25, -0.2) is 0 Å². The van der Waals surface area contributed by atoms with Crippen LogP contribution in [0.2, 0.25) is 0 Å². The third-order valence-electron chi connectivity index (χ3n) is 3.01. The maximum Gasteiger partial charge on any atom is 0.417 e. The van der Waals surface area contributed by atoms with Gasteiger partial charge in [0.15, 0.2) is 0 Å². The summed E-state index contributed by atoms with van der Waals surface area (Å²) in [6.07, 6.45) is -4.77. The van der Waals surface area contributed by atoms with Crippen LogP contribution in [0, 0.1) is 0 Å². The van der Waals surface area contributed by atoms with Gasteiger partial charge in [-0.3, -0.25) is 0 Å². The maximum absolute atomic E-state index is 12.9. The van der Waals surface area contributed by atoms with E-state index < -0.39 is 26.7 Å². The average molecular weight is 342 g/mol. The van der Waals surface area contributed by atoms with Crippen molar-refractivity contribution in [2.45, 2.75) is 18.0 Å². The molecule has 0 heterocycles. The second-order valence-corrected chi connectivity index (χ2v) is 6.28. The van der Waals surface area contributed by atoms with E-state index in [1.807, 2.05) is 4.83 Å². The summed E-state index contributed by atoms with van der Waals surface area (Å²) in [6, 6.07) is 12.6. The average Bonchev–Trinajstić information content (AvgIpc) is 2.53. The minimum atomic E-state index is -4.77. The van der Waals surface area contributed by atoms with Crippen LogP contribution in [0.4, 0.5) is 13.2 Å². The summed E-state index contributed by atoms with van der Waals surface area (Å²) in [5.74, 6) is 0. The topological polar surface area (TPSA) is 58.5 Å². The Kier molecular flexibility index (Phi) is 4.74. The molecule has 0 amide bonds. The Morgan fingerprint density at radius 3 is 2.17 bits per heavy atom. The lowest BCUT2D eigenvalue weighted by Crippen LogP contribution is -2.23. The van der Waals surface area contributed by atoms with Gasteiger partial charge in [0, 0.05) is 0 Å². The minimum Gasteiger partial charge on any atom is -0.200 e. The lowest BCUT2D eigenvalue weighted by Gasteiger charge is -2.12. The van der Waals surface area contributed by atoms with Crippen molar-refractivity contribution in [3.05, 3.63) is 65.7 Å². The first-order valence-electron chi connectivity index (χ1n) is 6.49. The summed E-state index contributed by atoms with van der Waals surface area (Å²) in [6.45, 7) is 1.55. The zero-order valence-corrected chi connectivity index (χ0v) is 12.8. The Labute approximate surface area is 131 Å². The van der Waals surface area contributed by atoms with Gasteiger partial charge in [0.25, 0.3) is 10.0 Å². The quantitative estimate of drug-likeness (QED) is 0.684. The molecule has 0 radical (unpaired) electrons. The Bertz CT molecular complexity index is 816. The van der Waals surface area contributed by atoms with Crippen LogP contribution < -0.4 is 4.83 Å². The molecule has 0 spiro atoms. The molecule has 0 aliphatic carbocycles. The minimum absolute atomic E-state index is 0.332. The first-order valence-corrected chi connectivity index (χ1v) is 7.98. The number of hydrazone groups is 1.